The highest BCUT2D eigenvalue weighted by molar-refractivity contribution is 5.74. The largest absolute Gasteiger partial charge is 0.203 e. The summed E-state index contributed by atoms with van der Waals surface area (Å²) in [5.74, 6) is -1.12. The summed E-state index contributed by atoms with van der Waals surface area (Å²) >= 11 is 0. The molecule has 1 saturated carbocycles. The van der Waals surface area contributed by atoms with Crippen LogP contribution in [0.5, 0.6) is 0 Å². The summed E-state index contributed by atoms with van der Waals surface area (Å²) in [6.45, 7) is 4.26. The van der Waals surface area contributed by atoms with E-state index >= 15 is 13.2 Å². The monoisotopic (exact) mass is 644 g/mol. The second-order valence-electron chi connectivity index (χ2n) is 14.0. The molecule has 0 radical (unpaired) electrons. The van der Waals surface area contributed by atoms with Gasteiger partial charge >= 0.3 is 0 Å². The Morgan fingerprint density at radius 3 is 1.87 bits per heavy atom. The maximum Gasteiger partial charge on any atom is 0.167 e. The summed E-state index contributed by atoms with van der Waals surface area (Å²) in [6.07, 6.45) is 24.0. The zero-order chi connectivity index (χ0) is 33.2. The highest BCUT2D eigenvalue weighted by Gasteiger charge is 2.29. The van der Waals surface area contributed by atoms with Crippen LogP contribution in [0.2, 0.25) is 0 Å². The van der Waals surface area contributed by atoms with Crippen molar-refractivity contribution >= 4 is 5.57 Å². The lowest BCUT2D eigenvalue weighted by molar-refractivity contribution is 0.190. The molecule has 0 aliphatic heterocycles. The molecule has 0 spiro atoms. The fraction of sp³-hybridized carbons (Fsp3) is 0.488. The molecule has 0 aromatic heterocycles. The van der Waals surface area contributed by atoms with Crippen molar-refractivity contribution in [3.63, 3.8) is 0 Å². The number of rotatable bonds is 14. The topological polar surface area (TPSA) is 0 Å². The van der Waals surface area contributed by atoms with Crippen LogP contribution in [0.4, 0.5) is 17.6 Å². The van der Waals surface area contributed by atoms with Crippen molar-refractivity contribution in [3.05, 3.63) is 101 Å². The number of hydrogen-bond acceptors (Lipinski definition) is 0. The van der Waals surface area contributed by atoms with Gasteiger partial charge < -0.3 is 0 Å². The third kappa shape index (κ3) is 8.86. The molecule has 252 valence electrons. The Bertz CT molecular complexity index is 1510. The van der Waals surface area contributed by atoms with Crippen LogP contribution >= 0.6 is 0 Å². The van der Waals surface area contributed by atoms with Crippen molar-refractivity contribution < 1.29 is 17.6 Å². The minimum Gasteiger partial charge on any atom is -0.203 e. The van der Waals surface area contributed by atoms with E-state index in [4.69, 9.17) is 0 Å². The molecular formula is C43H52F4. The van der Waals surface area contributed by atoms with Gasteiger partial charge in [-0.05, 0) is 105 Å². The average molecular weight is 645 g/mol. The second kappa shape index (κ2) is 17.3. The van der Waals surface area contributed by atoms with E-state index in [1.807, 2.05) is 0 Å². The lowest BCUT2D eigenvalue weighted by Gasteiger charge is -2.35. The van der Waals surface area contributed by atoms with Gasteiger partial charge in [-0.3, -0.25) is 0 Å². The first kappa shape index (κ1) is 35.2. The summed E-state index contributed by atoms with van der Waals surface area (Å²) < 4.78 is 61.0. The normalized spacial score (nSPS) is 20.1. The number of unbranched alkanes of at least 4 members (excludes halogenated alkanes) is 5. The second-order valence-corrected chi connectivity index (χ2v) is 14.0. The molecule has 5 rings (SSSR count). The van der Waals surface area contributed by atoms with Crippen molar-refractivity contribution in [2.24, 2.45) is 17.8 Å². The van der Waals surface area contributed by atoms with E-state index < -0.39 is 23.3 Å². The summed E-state index contributed by atoms with van der Waals surface area (Å²) in [5.41, 5.74) is 2.98. The highest BCUT2D eigenvalue weighted by atomic mass is 19.2. The van der Waals surface area contributed by atoms with E-state index in [-0.39, 0.29) is 11.1 Å². The predicted molar refractivity (Wildman–Crippen MR) is 189 cm³/mol. The highest BCUT2D eigenvalue weighted by Crippen LogP contribution is 2.43. The molecule has 2 aliphatic carbocycles. The van der Waals surface area contributed by atoms with Crippen LogP contribution < -0.4 is 0 Å². The van der Waals surface area contributed by atoms with E-state index in [2.05, 4.69) is 32.1 Å². The smallest absolute Gasteiger partial charge is 0.167 e. The summed E-state index contributed by atoms with van der Waals surface area (Å²) in [4.78, 5) is 0. The Balaban J connectivity index is 1.20. The number of benzene rings is 3. The molecule has 0 nitrogen and oxygen atoms in total. The first-order valence-corrected chi connectivity index (χ1v) is 18.3. The summed E-state index contributed by atoms with van der Waals surface area (Å²) in [5, 5.41) is 0. The Morgan fingerprint density at radius 2 is 1.23 bits per heavy atom. The van der Waals surface area contributed by atoms with Crippen LogP contribution in [-0.4, -0.2) is 0 Å². The van der Waals surface area contributed by atoms with Gasteiger partial charge in [0.15, 0.2) is 23.3 Å². The molecule has 0 amide bonds. The number of aryl methyl sites for hydroxylation is 1. The molecule has 0 heterocycles. The molecule has 1 unspecified atom stereocenters. The molecule has 3 aromatic rings. The van der Waals surface area contributed by atoms with Crippen molar-refractivity contribution in [2.45, 2.75) is 117 Å². The third-order valence-corrected chi connectivity index (χ3v) is 10.9. The van der Waals surface area contributed by atoms with E-state index in [9.17, 15) is 4.39 Å². The van der Waals surface area contributed by atoms with Crippen molar-refractivity contribution in [1.29, 1.82) is 0 Å². The minimum atomic E-state index is -0.870. The summed E-state index contributed by atoms with van der Waals surface area (Å²) in [7, 11) is 0. The quantitative estimate of drug-likeness (QED) is 0.0930. The zero-order valence-electron chi connectivity index (χ0n) is 28.4. The standard InChI is InChI=1S/C43H52F4/c1-3-5-7-8-9-11-13-36-26-27-37(41(45)40(36)44)34-22-24-35(25-23-34)39-29-28-38(42(46)43(39)47)33-20-18-32(19-21-33)31-16-14-30(15-17-31)12-10-6-4-2/h4,6,20,22-32H,3,5,7-19,21H2,1-2H3. The number of halogens is 4. The molecule has 47 heavy (non-hydrogen) atoms. The van der Waals surface area contributed by atoms with Crippen molar-refractivity contribution in [3.8, 4) is 22.3 Å². The van der Waals surface area contributed by atoms with Gasteiger partial charge in [0.1, 0.15) is 0 Å². The maximum atomic E-state index is 15.5. The number of allylic oxidation sites excluding steroid dienone is 4. The minimum absolute atomic E-state index is 0.166. The lowest BCUT2D eigenvalue weighted by Crippen LogP contribution is -2.23. The van der Waals surface area contributed by atoms with Crippen LogP contribution in [0.3, 0.4) is 0 Å². The SMILES string of the molecule is CC=CCCC1CCC(C2CC=C(c3ccc(-c4ccc(-c5ccc(CCCCCCCC)c(F)c5F)cc4)c(F)c3F)CC2)CC1. The van der Waals surface area contributed by atoms with E-state index in [1.165, 1.54) is 57.8 Å². The van der Waals surface area contributed by atoms with Gasteiger partial charge in [0.25, 0.3) is 0 Å². The maximum absolute atomic E-state index is 15.5. The van der Waals surface area contributed by atoms with Crippen molar-refractivity contribution in [2.75, 3.05) is 0 Å². The fourth-order valence-corrected chi connectivity index (χ4v) is 7.93. The van der Waals surface area contributed by atoms with Crippen LogP contribution in [0, 0.1) is 41.0 Å². The molecule has 0 bridgehead atoms. The molecule has 3 aromatic carbocycles. The molecule has 4 heteroatoms. The van der Waals surface area contributed by atoms with E-state index in [1.54, 1.807) is 48.5 Å². The van der Waals surface area contributed by atoms with Gasteiger partial charge in [0.05, 0.1) is 0 Å². The molecule has 0 N–H and O–H groups in total. The third-order valence-electron chi connectivity index (χ3n) is 10.9. The molecule has 1 fully saturated rings. The van der Waals surface area contributed by atoms with Gasteiger partial charge in [-0.15, -0.1) is 0 Å². The van der Waals surface area contributed by atoms with Crippen LogP contribution in [0.15, 0.2) is 66.8 Å². The van der Waals surface area contributed by atoms with E-state index in [0.717, 1.165) is 55.9 Å². The summed E-state index contributed by atoms with van der Waals surface area (Å²) in [6, 6.07) is 13.2. The van der Waals surface area contributed by atoms with Crippen molar-refractivity contribution in [1.82, 2.24) is 0 Å². The zero-order valence-corrected chi connectivity index (χ0v) is 28.4. The first-order valence-electron chi connectivity index (χ1n) is 18.3. The fourth-order valence-electron chi connectivity index (χ4n) is 7.93. The Morgan fingerprint density at radius 1 is 0.638 bits per heavy atom. The van der Waals surface area contributed by atoms with E-state index in [0.29, 0.717) is 34.6 Å². The lowest BCUT2D eigenvalue weighted by atomic mass is 9.70. The van der Waals surface area contributed by atoms with Crippen LogP contribution in [-0.2, 0) is 6.42 Å². The van der Waals surface area contributed by atoms with Crippen LogP contribution in [0.25, 0.3) is 27.8 Å². The Labute approximate surface area is 280 Å². The van der Waals surface area contributed by atoms with Gasteiger partial charge in [-0.2, -0.15) is 0 Å². The van der Waals surface area contributed by atoms with Gasteiger partial charge in [-0.1, -0.05) is 119 Å². The number of hydrogen-bond donors (Lipinski definition) is 0. The molecular weight excluding hydrogens is 592 g/mol. The predicted octanol–water partition coefficient (Wildman–Crippen LogP) is 13.8. The van der Waals surface area contributed by atoms with Crippen LogP contribution in [0.1, 0.15) is 121 Å². The molecule has 2 aliphatic rings. The Hall–Kier alpha value is -3.14. The molecule has 1 atom stereocenters. The van der Waals surface area contributed by atoms with Gasteiger partial charge in [0, 0.05) is 16.7 Å². The average Bonchev–Trinajstić information content (AvgIpc) is 3.10. The first-order chi connectivity index (χ1) is 22.9. The van der Waals surface area contributed by atoms with Gasteiger partial charge in [0.2, 0.25) is 0 Å². The van der Waals surface area contributed by atoms with Gasteiger partial charge in [-0.25, -0.2) is 17.6 Å². The Kier molecular flexibility index (Phi) is 13.0. The molecule has 0 saturated heterocycles.